The molecule has 0 bridgehead atoms. The molecule has 0 aliphatic heterocycles. The van der Waals surface area contributed by atoms with E-state index in [2.05, 4.69) is 4.98 Å². The molecule has 1 aromatic heterocycles. The number of halogens is 1. The van der Waals surface area contributed by atoms with Gasteiger partial charge in [-0.15, -0.1) is 11.3 Å². The number of carboxylic acid groups (broad SMARTS) is 1. The fraction of sp³-hybridized carbons (Fsp3) is 0.250. The molecule has 0 amide bonds. The first kappa shape index (κ1) is 17.2. The molecule has 0 saturated carbocycles. The van der Waals surface area contributed by atoms with Crippen molar-refractivity contribution >= 4 is 44.9 Å². The van der Waals surface area contributed by atoms with Gasteiger partial charge in [0.25, 0.3) is 0 Å². The van der Waals surface area contributed by atoms with E-state index in [1.54, 1.807) is 6.07 Å². The number of hydrogen-bond acceptors (Lipinski definition) is 5. The van der Waals surface area contributed by atoms with Crippen molar-refractivity contribution in [3.63, 3.8) is 0 Å². The van der Waals surface area contributed by atoms with Crippen LogP contribution >= 0.6 is 22.9 Å². The maximum absolute atomic E-state index is 11.5. The summed E-state index contributed by atoms with van der Waals surface area (Å²) in [5.74, 6) is -1.37. The Balaban J connectivity index is 0.00000180. The maximum Gasteiger partial charge on any atom is 1.00 e. The molecular formula is C12H9ClKNO3S. The van der Waals surface area contributed by atoms with Gasteiger partial charge in [-0.1, -0.05) is 17.7 Å². The Morgan fingerprint density at radius 3 is 2.68 bits per heavy atom. The second-order valence-electron chi connectivity index (χ2n) is 3.78. The Bertz CT molecular complexity index is 614. The standard InChI is InChI=1S/C12H10ClNO3S.K/c13-8-2-1-3-9-12(8)14-10(18-9)6-7(15)4-5-11(16)17;/h1-3H,4-6H2,(H,16,17);/q;+1/p-1. The number of para-hydroxylation sites is 1. The second-order valence-corrected chi connectivity index (χ2v) is 5.30. The van der Waals surface area contributed by atoms with Crippen LogP contribution < -0.4 is 56.5 Å². The van der Waals surface area contributed by atoms with Crippen molar-refractivity contribution in [3.8, 4) is 0 Å². The number of carboxylic acids is 1. The van der Waals surface area contributed by atoms with Crippen molar-refractivity contribution in [2.24, 2.45) is 0 Å². The summed E-state index contributed by atoms with van der Waals surface area (Å²) in [6.07, 6.45) is -0.126. The predicted molar refractivity (Wildman–Crippen MR) is 67.6 cm³/mol. The Kier molecular flexibility index (Phi) is 7.10. The molecule has 0 unspecified atom stereocenters. The molecule has 0 spiro atoms. The van der Waals surface area contributed by atoms with Crippen LogP contribution in [0.4, 0.5) is 0 Å². The normalized spacial score (nSPS) is 10.2. The quantitative estimate of drug-likeness (QED) is 0.635. The molecule has 2 rings (SSSR count). The number of ketones is 1. The van der Waals surface area contributed by atoms with Crippen molar-refractivity contribution in [1.29, 1.82) is 0 Å². The summed E-state index contributed by atoms with van der Waals surface area (Å²) in [7, 11) is 0. The molecule has 2 aromatic rings. The Morgan fingerprint density at radius 2 is 2.05 bits per heavy atom. The van der Waals surface area contributed by atoms with Gasteiger partial charge in [0.05, 0.1) is 16.1 Å². The molecule has 0 radical (unpaired) electrons. The number of hydrogen-bond donors (Lipinski definition) is 0. The first-order chi connectivity index (χ1) is 8.56. The van der Waals surface area contributed by atoms with Crippen molar-refractivity contribution in [2.75, 3.05) is 0 Å². The number of fused-ring (bicyclic) bond motifs is 1. The van der Waals surface area contributed by atoms with E-state index in [-0.39, 0.29) is 76.4 Å². The molecule has 0 saturated heterocycles. The van der Waals surface area contributed by atoms with E-state index < -0.39 is 5.97 Å². The molecule has 0 N–H and O–H groups in total. The zero-order valence-electron chi connectivity index (χ0n) is 10.3. The monoisotopic (exact) mass is 321 g/mol. The van der Waals surface area contributed by atoms with Crippen LogP contribution in [0.1, 0.15) is 17.8 Å². The van der Waals surface area contributed by atoms with Crippen LogP contribution in [-0.4, -0.2) is 16.7 Å². The summed E-state index contributed by atoms with van der Waals surface area (Å²) in [5, 5.41) is 11.5. The van der Waals surface area contributed by atoms with E-state index in [1.165, 1.54) is 11.3 Å². The van der Waals surface area contributed by atoms with Crippen LogP contribution in [0.2, 0.25) is 5.02 Å². The first-order valence-electron chi connectivity index (χ1n) is 5.32. The minimum atomic E-state index is -1.21. The zero-order valence-corrected chi connectivity index (χ0v) is 15.0. The minimum Gasteiger partial charge on any atom is -0.550 e. The van der Waals surface area contributed by atoms with E-state index in [0.29, 0.717) is 15.5 Å². The molecule has 1 aromatic carbocycles. The molecule has 4 nitrogen and oxygen atoms in total. The summed E-state index contributed by atoms with van der Waals surface area (Å²) in [5.41, 5.74) is 0.687. The third-order valence-electron chi connectivity index (χ3n) is 2.37. The summed E-state index contributed by atoms with van der Waals surface area (Å²) in [6, 6.07) is 5.45. The smallest absolute Gasteiger partial charge is 0.550 e. The van der Waals surface area contributed by atoms with Crippen molar-refractivity contribution in [1.82, 2.24) is 4.98 Å². The van der Waals surface area contributed by atoms with E-state index in [9.17, 15) is 14.7 Å². The van der Waals surface area contributed by atoms with E-state index in [4.69, 9.17) is 11.6 Å². The van der Waals surface area contributed by atoms with Crippen LogP contribution in [-0.2, 0) is 16.0 Å². The molecule has 1 heterocycles. The SMILES string of the molecule is O=C([O-])CCC(=O)Cc1nc2c(Cl)cccc2s1.[K+]. The molecule has 0 fully saturated rings. The number of nitrogens with zero attached hydrogens (tertiary/aromatic N) is 1. The predicted octanol–water partition coefficient (Wildman–Crippen LogP) is -1.40. The number of aliphatic carboxylic acids is 1. The van der Waals surface area contributed by atoms with Gasteiger partial charge in [-0.2, -0.15) is 0 Å². The number of aromatic nitrogens is 1. The topological polar surface area (TPSA) is 70.1 Å². The van der Waals surface area contributed by atoms with E-state index in [0.717, 1.165) is 4.70 Å². The zero-order chi connectivity index (χ0) is 13.1. The van der Waals surface area contributed by atoms with Crippen LogP contribution in [0.15, 0.2) is 18.2 Å². The summed E-state index contributed by atoms with van der Waals surface area (Å²) < 4.78 is 0.921. The van der Waals surface area contributed by atoms with E-state index in [1.807, 2.05) is 12.1 Å². The van der Waals surface area contributed by atoms with Gasteiger partial charge in [0, 0.05) is 12.4 Å². The number of thiazole rings is 1. The third-order valence-corrected chi connectivity index (χ3v) is 3.70. The van der Waals surface area contributed by atoms with Crippen molar-refractivity contribution in [3.05, 3.63) is 28.2 Å². The number of carbonyl (C=O) groups excluding carboxylic acids is 2. The van der Waals surface area contributed by atoms with Gasteiger partial charge in [-0.3, -0.25) is 4.79 Å². The second kappa shape index (κ2) is 7.83. The minimum absolute atomic E-state index is 0. The molecule has 0 aliphatic carbocycles. The first-order valence-corrected chi connectivity index (χ1v) is 6.51. The van der Waals surface area contributed by atoms with Gasteiger partial charge < -0.3 is 9.90 Å². The largest absolute Gasteiger partial charge is 1.00 e. The van der Waals surface area contributed by atoms with Gasteiger partial charge in [-0.25, -0.2) is 4.98 Å². The summed E-state index contributed by atoms with van der Waals surface area (Å²) >= 11 is 7.38. The average molecular weight is 322 g/mol. The van der Waals surface area contributed by atoms with Crippen LogP contribution in [0, 0.1) is 0 Å². The van der Waals surface area contributed by atoms with Crippen LogP contribution in [0.3, 0.4) is 0 Å². The fourth-order valence-corrected chi connectivity index (χ4v) is 2.83. The van der Waals surface area contributed by atoms with Crippen LogP contribution in [0.5, 0.6) is 0 Å². The van der Waals surface area contributed by atoms with Crippen molar-refractivity contribution in [2.45, 2.75) is 19.3 Å². The number of rotatable bonds is 5. The Hall–Kier alpha value is 0.176. The van der Waals surface area contributed by atoms with Crippen LogP contribution in [0.25, 0.3) is 10.2 Å². The number of Topliss-reactive ketones (excluding diaryl/α,β-unsaturated/α-hetero) is 1. The van der Waals surface area contributed by atoms with Gasteiger partial charge in [0.2, 0.25) is 0 Å². The molecule has 0 atom stereocenters. The van der Waals surface area contributed by atoms with Crippen molar-refractivity contribution < 1.29 is 66.1 Å². The molecule has 94 valence electrons. The molecular weight excluding hydrogens is 313 g/mol. The van der Waals surface area contributed by atoms with E-state index >= 15 is 0 Å². The maximum atomic E-state index is 11.5. The Morgan fingerprint density at radius 1 is 1.32 bits per heavy atom. The number of carbonyl (C=O) groups is 2. The average Bonchev–Trinajstić information content (AvgIpc) is 2.70. The Labute approximate surface area is 161 Å². The number of benzene rings is 1. The summed E-state index contributed by atoms with van der Waals surface area (Å²) in [4.78, 5) is 26.1. The van der Waals surface area contributed by atoms with Gasteiger partial charge in [-0.05, 0) is 18.6 Å². The van der Waals surface area contributed by atoms with Gasteiger partial charge >= 0.3 is 51.4 Å². The molecule has 0 aliphatic rings. The fourth-order valence-electron chi connectivity index (χ4n) is 1.54. The van der Waals surface area contributed by atoms with Gasteiger partial charge in [0.1, 0.15) is 16.3 Å². The molecule has 19 heavy (non-hydrogen) atoms. The third kappa shape index (κ3) is 4.89. The van der Waals surface area contributed by atoms with Gasteiger partial charge in [0.15, 0.2) is 0 Å². The summed E-state index contributed by atoms with van der Waals surface area (Å²) in [6.45, 7) is 0. The molecule has 7 heteroatoms.